The van der Waals surface area contributed by atoms with Gasteiger partial charge in [-0.25, -0.2) is 9.18 Å². The first-order valence-electron chi connectivity index (χ1n) is 9.67. The van der Waals surface area contributed by atoms with Crippen LogP contribution in [0.2, 0.25) is 0 Å². The van der Waals surface area contributed by atoms with E-state index in [2.05, 4.69) is 0 Å². The molecule has 0 saturated carbocycles. The maximum Gasteiger partial charge on any atom is 0.410 e. The molecule has 1 saturated heterocycles. The predicted octanol–water partition coefficient (Wildman–Crippen LogP) is 6.04. The second-order valence-corrected chi connectivity index (χ2v) is 5.94. The molecule has 0 aliphatic carbocycles. The summed E-state index contributed by atoms with van der Waals surface area (Å²) in [5, 5.41) is 0. The van der Waals surface area contributed by atoms with Crippen molar-refractivity contribution in [3.8, 4) is 0 Å². The first-order valence-corrected chi connectivity index (χ1v) is 9.67. The lowest BCUT2D eigenvalue weighted by atomic mass is 10.1. The zero-order valence-corrected chi connectivity index (χ0v) is 18.1. The van der Waals surface area contributed by atoms with Gasteiger partial charge in [0.1, 0.15) is 11.4 Å². The van der Waals surface area contributed by atoms with E-state index in [0.29, 0.717) is 19.7 Å². The van der Waals surface area contributed by atoms with E-state index in [1.807, 2.05) is 62.3 Å². The lowest BCUT2D eigenvalue weighted by molar-refractivity contribution is -0.0691. The third-order valence-electron chi connectivity index (χ3n) is 2.90. The Bertz CT molecular complexity index is 463. The predicted molar refractivity (Wildman–Crippen MR) is 107 cm³/mol. The van der Waals surface area contributed by atoms with Gasteiger partial charge in [-0.3, -0.25) is 0 Å². The molecule has 0 spiro atoms. The average molecular weight is 372 g/mol. The molecule has 0 unspecified atom stereocenters. The molecule has 0 atom stereocenters. The number of carbonyl (C=O) groups excluding carboxylic acids is 1. The van der Waals surface area contributed by atoms with Crippen LogP contribution in [-0.4, -0.2) is 35.8 Å². The van der Waals surface area contributed by atoms with Crippen molar-refractivity contribution in [2.45, 2.75) is 80.6 Å². The van der Waals surface area contributed by atoms with Gasteiger partial charge >= 0.3 is 6.09 Å². The lowest BCUT2D eigenvalue weighted by Crippen LogP contribution is -2.55. The summed E-state index contributed by atoms with van der Waals surface area (Å²) in [5.74, 6) is -0.256. The molecule has 0 N–H and O–H groups in total. The molecule has 26 heavy (non-hydrogen) atoms. The number of hydrogen-bond acceptors (Lipinski definition) is 3. The van der Waals surface area contributed by atoms with Gasteiger partial charge in [-0.2, -0.15) is 0 Å². The van der Waals surface area contributed by atoms with Gasteiger partial charge in [0.25, 0.3) is 0 Å². The highest BCUT2D eigenvalue weighted by Gasteiger charge is 2.34. The zero-order chi connectivity index (χ0) is 20.8. The van der Waals surface area contributed by atoms with Crippen LogP contribution in [0.3, 0.4) is 0 Å². The standard InChI is InChI=1S/C15H20FNO3.3C2H6/c1-15(2,3)20-14(18)17-8-13(9-17)19-10-11-4-6-12(16)7-5-11;3*1-2/h4-7,13H,8-10H2,1-3H3;3*1-2H3. The Hall–Kier alpha value is -1.62. The smallest absolute Gasteiger partial charge is 0.410 e. The minimum absolute atomic E-state index is 0.0209. The molecule has 1 heterocycles. The van der Waals surface area contributed by atoms with E-state index in [1.54, 1.807) is 17.0 Å². The van der Waals surface area contributed by atoms with Crippen LogP contribution in [-0.2, 0) is 16.1 Å². The summed E-state index contributed by atoms with van der Waals surface area (Å²) in [6.45, 7) is 19.0. The molecule has 1 aliphatic heterocycles. The summed E-state index contributed by atoms with van der Waals surface area (Å²) >= 11 is 0. The van der Waals surface area contributed by atoms with Crippen LogP contribution in [0.4, 0.5) is 9.18 Å². The normalized spacial score (nSPS) is 12.9. The number of halogens is 1. The number of hydrogen-bond donors (Lipinski definition) is 0. The topological polar surface area (TPSA) is 38.8 Å². The molecular formula is C21H38FNO3. The van der Waals surface area contributed by atoms with Gasteiger partial charge in [-0.1, -0.05) is 53.7 Å². The molecular weight excluding hydrogens is 333 g/mol. The van der Waals surface area contributed by atoms with Crippen LogP contribution in [0.1, 0.15) is 67.9 Å². The van der Waals surface area contributed by atoms with Crippen molar-refractivity contribution in [1.82, 2.24) is 4.90 Å². The van der Waals surface area contributed by atoms with Gasteiger partial charge in [0.15, 0.2) is 0 Å². The van der Waals surface area contributed by atoms with E-state index < -0.39 is 5.60 Å². The molecule has 1 amide bonds. The fourth-order valence-electron chi connectivity index (χ4n) is 1.81. The molecule has 4 nitrogen and oxygen atoms in total. The summed E-state index contributed by atoms with van der Waals surface area (Å²) < 4.78 is 23.6. The van der Waals surface area contributed by atoms with Crippen molar-refractivity contribution >= 4 is 6.09 Å². The number of nitrogens with zero attached hydrogens (tertiary/aromatic N) is 1. The average Bonchev–Trinajstić information content (AvgIpc) is 2.59. The summed E-state index contributed by atoms with van der Waals surface area (Å²) in [5.41, 5.74) is 0.444. The Morgan fingerprint density at radius 2 is 1.50 bits per heavy atom. The summed E-state index contributed by atoms with van der Waals surface area (Å²) in [6, 6.07) is 6.21. The quantitative estimate of drug-likeness (QED) is 0.650. The molecule has 0 aromatic heterocycles. The third-order valence-corrected chi connectivity index (χ3v) is 2.90. The SMILES string of the molecule is CC.CC.CC.CC(C)(C)OC(=O)N1CC(OCc2ccc(F)cc2)C1. The third kappa shape index (κ3) is 11.1. The first kappa shape index (κ1) is 26.6. The van der Waals surface area contributed by atoms with E-state index in [0.717, 1.165) is 5.56 Å². The molecule has 0 bridgehead atoms. The Kier molecular flexibility index (Phi) is 14.9. The van der Waals surface area contributed by atoms with Crippen molar-refractivity contribution < 1.29 is 18.7 Å². The number of rotatable bonds is 3. The van der Waals surface area contributed by atoms with Crippen LogP contribution in [0.5, 0.6) is 0 Å². The van der Waals surface area contributed by atoms with Gasteiger partial charge in [-0.15, -0.1) is 0 Å². The van der Waals surface area contributed by atoms with E-state index in [4.69, 9.17) is 9.47 Å². The second-order valence-electron chi connectivity index (χ2n) is 5.94. The largest absolute Gasteiger partial charge is 0.444 e. The fraction of sp³-hybridized carbons (Fsp3) is 0.667. The van der Waals surface area contributed by atoms with Crippen LogP contribution in [0.25, 0.3) is 0 Å². The van der Waals surface area contributed by atoms with Crippen LogP contribution in [0, 0.1) is 5.82 Å². The van der Waals surface area contributed by atoms with Gasteiger partial charge in [0.05, 0.1) is 25.8 Å². The van der Waals surface area contributed by atoms with Gasteiger partial charge < -0.3 is 14.4 Å². The molecule has 5 heteroatoms. The maximum atomic E-state index is 12.7. The van der Waals surface area contributed by atoms with E-state index in [1.165, 1.54) is 12.1 Å². The van der Waals surface area contributed by atoms with Crippen LogP contribution in [0.15, 0.2) is 24.3 Å². The van der Waals surface area contributed by atoms with Crippen molar-refractivity contribution in [3.63, 3.8) is 0 Å². The van der Waals surface area contributed by atoms with E-state index in [9.17, 15) is 9.18 Å². The molecule has 152 valence electrons. The molecule has 0 radical (unpaired) electrons. The Balaban J connectivity index is 0. The molecule has 1 fully saturated rings. The maximum absolute atomic E-state index is 12.7. The Morgan fingerprint density at radius 1 is 1.04 bits per heavy atom. The Labute approximate surface area is 159 Å². The summed E-state index contributed by atoms with van der Waals surface area (Å²) in [6.07, 6.45) is -0.285. The van der Waals surface area contributed by atoms with Crippen molar-refractivity contribution in [2.75, 3.05) is 13.1 Å². The van der Waals surface area contributed by atoms with E-state index in [-0.39, 0.29) is 18.0 Å². The number of amides is 1. The highest BCUT2D eigenvalue weighted by atomic mass is 19.1. The molecule has 1 aliphatic rings. The lowest BCUT2D eigenvalue weighted by Gasteiger charge is -2.39. The van der Waals surface area contributed by atoms with E-state index >= 15 is 0 Å². The van der Waals surface area contributed by atoms with Crippen molar-refractivity contribution in [1.29, 1.82) is 0 Å². The number of carbonyl (C=O) groups is 1. The Morgan fingerprint density at radius 3 is 1.92 bits per heavy atom. The number of benzene rings is 1. The van der Waals surface area contributed by atoms with Crippen molar-refractivity contribution in [2.24, 2.45) is 0 Å². The van der Waals surface area contributed by atoms with Crippen molar-refractivity contribution in [3.05, 3.63) is 35.6 Å². The molecule has 2 rings (SSSR count). The van der Waals surface area contributed by atoms with Gasteiger partial charge in [0.2, 0.25) is 0 Å². The minimum Gasteiger partial charge on any atom is -0.444 e. The van der Waals surface area contributed by atoms with Crippen LogP contribution >= 0.6 is 0 Å². The fourth-order valence-corrected chi connectivity index (χ4v) is 1.81. The van der Waals surface area contributed by atoms with Crippen LogP contribution < -0.4 is 0 Å². The highest BCUT2D eigenvalue weighted by Crippen LogP contribution is 2.18. The van der Waals surface area contributed by atoms with Gasteiger partial charge in [-0.05, 0) is 38.5 Å². The second kappa shape index (κ2) is 14.5. The first-order chi connectivity index (χ1) is 12.3. The molecule has 1 aromatic carbocycles. The zero-order valence-electron chi connectivity index (χ0n) is 18.1. The minimum atomic E-state index is -0.475. The summed E-state index contributed by atoms with van der Waals surface area (Å²) in [4.78, 5) is 13.3. The summed E-state index contributed by atoms with van der Waals surface area (Å²) in [7, 11) is 0. The highest BCUT2D eigenvalue weighted by molar-refractivity contribution is 5.69. The van der Waals surface area contributed by atoms with Gasteiger partial charge in [0, 0.05) is 0 Å². The number of ether oxygens (including phenoxy) is 2. The number of likely N-dealkylation sites (tertiary alicyclic amines) is 1. The monoisotopic (exact) mass is 371 g/mol. The molecule has 1 aromatic rings.